The Balaban J connectivity index is 0.000000379. The van der Waals surface area contributed by atoms with Gasteiger partial charge in [-0.25, -0.2) is 0 Å². The Morgan fingerprint density at radius 3 is 2.48 bits per heavy atom. The summed E-state index contributed by atoms with van der Waals surface area (Å²) in [4.78, 5) is 6.63. The molecule has 0 amide bonds. The number of hydrogen-bond donors (Lipinski definition) is 2. The van der Waals surface area contributed by atoms with Crippen molar-refractivity contribution in [3.8, 4) is 0 Å². The monoisotopic (exact) mass is 407 g/mol. The van der Waals surface area contributed by atoms with E-state index in [9.17, 15) is 0 Å². The van der Waals surface area contributed by atoms with Gasteiger partial charge in [0, 0.05) is 23.3 Å². The van der Waals surface area contributed by atoms with Gasteiger partial charge in [0.2, 0.25) is 0 Å². The number of hydrogen-bond acceptors (Lipinski definition) is 3. The van der Waals surface area contributed by atoms with Gasteiger partial charge in [-0.2, -0.15) is 0 Å². The maximum absolute atomic E-state index is 6.05. The van der Waals surface area contributed by atoms with E-state index in [1.165, 1.54) is 22.5 Å². The summed E-state index contributed by atoms with van der Waals surface area (Å²) in [6, 6.07) is 16.4. The lowest BCUT2D eigenvalue weighted by atomic mass is 10.1. The number of nitrogens with zero attached hydrogens (tertiary/aromatic N) is 1. The summed E-state index contributed by atoms with van der Waals surface area (Å²) >= 11 is 1.71. The fourth-order valence-electron chi connectivity index (χ4n) is 2.71. The molecule has 2 aromatic rings. The molecule has 4 heteroatoms. The first-order valence-electron chi connectivity index (χ1n) is 9.99. The molecule has 1 aliphatic rings. The van der Waals surface area contributed by atoms with E-state index in [1.54, 1.807) is 11.8 Å². The minimum Gasteiger partial charge on any atom is -0.383 e. The first kappa shape index (κ1) is 22.7. The third kappa shape index (κ3) is 7.76. The number of allylic oxidation sites excluding steroid dienone is 6. The van der Waals surface area contributed by atoms with Crippen LogP contribution in [0.5, 0.6) is 0 Å². The van der Waals surface area contributed by atoms with Crippen LogP contribution in [-0.2, 0) is 0 Å². The highest BCUT2D eigenvalue weighted by molar-refractivity contribution is 7.99. The quantitative estimate of drug-likeness (QED) is 0.463. The Morgan fingerprint density at radius 2 is 1.76 bits per heavy atom. The molecule has 0 aromatic heterocycles. The summed E-state index contributed by atoms with van der Waals surface area (Å²) in [5.41, 5.74) is 15.3. The van der Waals surface area contributed by atoms with Crippen molar-refractivity contribution in [3.05, 3.63) is 95.6 Å². The predicted molar refractivity (Wildman–Crippen MR) is 130 cm³/mol. The van der Waals surface area contributed by atoms with Crippen LogP contribution in [0.15, 0.2) is 99.3 Å². The van der Waals surface area contributed by atoms with Gasteiger partial charge in [0.05, 0.1) is 6.54 Å². The normalized spacial score (nSPS) is 13.3. The van der Waals surface area contributed by atoms with Crippen LogP contribution in [0.2, 0.25) is 0 Å². The molecule has 1 aliphatic carbocycles. The Kier molecular flexibility index (Phi) is 10.0. The van der Waals surface area contributed by atoms with Gasteiger partial charge in [-0.05, 0) is 37.5 Å². The van der Waals surface area contributed by atoms with Crippen LogP contribution in [-0.4, -0.2) is 18.9 Å². The van der Waals surface area contributed by atoms with Crippen LogP contribution in [0.25, 0.3) is 0 Å². The number of aliphatic imine (C=N–C) groups is 1. The lowest BCUT2D eigenvalue weighted by Crippen LogP contribution is -2.17. The molecule has 29 heavy (non-hydrogen) atoms. The number of aryl methyl sites for hydroxylation is 1. The highest BCUT2D eigenvalue weighted by atomic mass is 32.2. The highest BCUT2D eigenvalue weighted by Crippen LogP contribution is 2.32. The van der Waals surface area contributed by atoms with Crippen LogP contribution in [0, 0.1) is 6.92 Å². The van der Waals surface area contributed by atoms with Gasteiger partial charge < -0.3 is 11.5 Å². The molecule has 0 fully saturated rings. The molecule has 3 rings (SSSR count). The molecule has 4 N–H and O–H groups in total. The minimum atomic E-state index is 0. The zero-order chi connectivity index (χ0) is 20.9. The van der Waals surface area contributed by atoms with Crippen LogP contribution in [0.4, 0.5) is 0 Å². The third-order valence-electron chi connectivity index (χ3n) is 4.41. The molecular formula is C25H33N3S. The summed E-state index contributed by atoms with van der Waals surface area (Å²) in [7, 11) is 0. The summed E-state index contributed by atoms with van der Waals surface area (Å²) in [5.74, 6) is 0.548. The van der Waals surface area contributed by atoms with E-state index in [0.29, 0.717) is 18.9 Å². The fourth-order valence-corrected chi connectivity index (χ4v) is 3.75. The molecule has 2 aromatic carbocycles. The summed E-state index contributed by atoms with van der Waals surface area (Å²) < 4.78 is 0. The van der Waals surface area contributed by atoms with E-state index in [2.05, 4.69) is 67.4 Å². The van der Waals surface area contributed by atoms with Crippen molar-refractivity contribution in [3.63, 3.8) is 0 Å². The van der Waals surface area contributed by atoms with Gasteiger partial charge in [-0.1, -0.05) is 91.0 Å². The lowest BCUT2D eigenvalue weighted by molar-refractivity contribution is 0.972. The fraction of sp³-hybridized carbons (Fsp3) is 0.240. The maximum Gasteiger partial charge on any atom is 0.126 e. The largest absolute Gasteiger partial charge is 0.383 e. The topological polar surface area (TPSA) is 64.4 Å². The Morgan fingerprint density at radius 1 is 1.03 bits per heavy atom. The Bertz CT molecular complexity index is 901. The number of amidine groups is 1. The first-order chi connectivity index (χ1) is 14.2. The number of nitrogens with two attached hydrogens (primary N) is 2. The van der Waals surface area contributed by atoms with Gasteiger partial charge in [0.1, 0.15) is 5.84 Å². The van der Waals surface area contributed by atoms with Gasteiger partial charge in [0.15, 0.2) is 0 Å². The van der Waals surface area contributed by atoms with E-state index in [-0.39, 0.29) is 1.43 Å². The molecular weight excluding hydrogens is 374 g/mol. The van der Waals surface area contributed by atoms with Crippen molar-refractivity contribution in [1.82, 2.24) is 0 Å². The maximum atomic E-state index is 6.05. The van der Waals surface area contributed by atoms with Crippen LogP contribution in [0.3, 0.4) is 0 Å². The first-order valence-corrected chi connectivity index (χ1v) is 10.8. The third-order valence-corrected chi connectivity index (χ3v) is 5.67. The van der Waals surface area contributed by atoms with E-state index in [4.69, 9.17) is 11.5 Å². The van der Waals surface area contributed by atoms with Gasteiger partial charge in [0.25, 0.3) is 0 Å². The van der Waals surface area contributed by atoms with Crippen molar-refractivity contribution in [1.29, 1.82) is 0 Å². The molecule has 0 heterocycles. The smallest absolute Gasteiger partial charge is 0.126 e. The molecule has 0 spiro atoms. The van der Waals surface area contributed by atoms with Crippen molar-refractivity contribution < 1.29 is 1.43 Å². The van der Waals surface area contributed by atoms with Crippen molar-refractivity contribution in [2.75, 3.05) is 13.1 Å². The van der Waals surface area contributed by atoms with E-state index in [0.717, 1.165) is 16.9 Å². The molecule has 0 aliphatic heterocycles. The predicted octanol–water partition coefficient (Wildman–Crippen LogP) is 5.90. The number of rotatable bonds is 6. The summed E-state index contributed by atoms with van der Waals surface area (Å²) in [6.07, 6.45) is 13.0. The second-order valence-electron chi connectivity index (χ2n) is 6.61. The summed E-state index contributed by atoms with van der Waals surface area (Å²) in [6.45, 7) is 5.36. The molecule has 0 radical (unpaired) electrons. The van der Waals surface area contributed by atoms with Crippen LogP contribution >= 0.6 is 11.8 Å². The minimum absolute atomic E-state index is 0. The second kappa shape index (κ2) is 12.8. The molecule has 0 saturated carbocycles. The lowest BCUT2D eigenvalue weighted by Gasteiger charge is -2.10. The van der Waals surface area contributed by atoms with Crippen LogP contribution in [0.1, 0.15) is 32.3 Å². The average molecular weight is 408 g/mol. The van der Waals surface area contributed by atoms with Crippen molar-refractivity contribution in [2.24, 2.45) is 16.5 Å². The molecule has 3 nitrogen and oxygen atoms in total. The Labute approximate surface area is 180 Å². The van der Waals surface area contributed by atoms with Gasteiger partial charge >= 0.3 is 0 Å². The molecule has 0 bridgehead atoms. The zero-order valence-electron chi connectivity index (χ0n) is 17.3. The van der Waals surface area contributed by atoms with Crippen LogP contribution < -0.4 is 11.5 Å². The summed E-state index contributed by atoms with van der Waals surface area (Å²) in [5, 5.41) is 0. The standard InChI is InChI=1S/C16H19N3S.C9H12.H2/c1-12-6-2-4-8-14(12)20-15-9-5-3-7-13(15)16(18)19-11-10-17;1-2-9-7-5-3-4-6-8-9;/h2-9H,10-11,17H2,1H3,(H2,18,19);3-7H,2,8H2,1H3;1H. The molecule has 0 unspecified atom stereocenters. The zero-order valence-corrected chi connectivity index (χ0v) is 18.2. The van der Waals surface area contributed by atoms with E-state index in [1.807, 2.05) is 30.3 Å². The molecule has 0 atom stereocenters. The highest BCUT2D eigenvalue weighted by Gasteiger charge is 2.08. The number of benzene rings is 2. The van der Waals surface area contributed by atoms with Crippen molar-refractivity contribution in [2.45, 2.75) is 36.5 Å². The van der Waals surface area contributed by atoms with E-state index >= 15 is 0 Å². The second-order valence-corrected chi connectivity index (χ2v) is 7.70. The van der Waals surface area contributed by atoms with Crippen molar-refractivity contribution >= 4 is 17.6 Å². The molecule has 154 valence electrons. The molecule has 0 saturated heterocycles. The van der Waals surface area contributed by atoms with E-state index < -0.39 is 0 Å². The SMILES string of the molecule is CCC1=CC=CC=CC1.Cc1ccccc1Sc1ccccc1C(N)=NCCN.[HH]. The Hall–Kier alpha value is -2.56. The average Bonchev–Trinajstić information content (AvgIpc) is 3.03. The van der Waals surface area contributed by atoms with Gasteiger partial charge in [-0.3, -0.25) is 4.99 Å². The van der Waals surface area contributed by atoms with Gasteiger partial charge in [-0.15, -0.1) is 0 Å².